The van der Waals surface area contributed by atoms with Gasteiger partial charge >= 0.3 is 0 Å². The number of ether oxygens (including phenoxy) is 1. The van der Waals surface area contributed by atoms with Crippen LogP contribution in [0.1, 0.15) is 168 Å². The van der Waals surface area contributed by atoms with Crippen LogP contribution in [0.5, 0.6) is 5.75 Å². The van der Waals surface area contributed by atoms with Crippen molar-refractivity contribution in [1.29, 1.82) is 0 Å². The molecule has 4 aromatic heterocycles. The topological polar surface area (TPSA) is 261 Å². The van der Waals surface area contributed by atoms with Crippen molar-refractivity contribution < 1.29 is 52.7 Å². The smallest absolute Gasteiger partial charge is 0.253 e. The zero-order valence-corrected chi connectivity index (χ0v) is 64.0. The molecule has 578 valence electrons. The maximum Gasteiger partial charge on any atom is 0.253 e. The van der Waals surface area contributed by atoms with E-state index in [1.807, 2.05) is 115 Å². The number of carbonyl (C=O) groups excluding carboxylic acids is 10. The number of pyridine rings is 3. The molecule has 5 unspecified atom stereocenters. The standard InChI is InChI=1S/C20H20ClNO3.3C18H18N2O2.C17H17N3O2/c1-25-18-10-6-15(7-11-18)20(24)22-12-2-3-16(13-22)19(23)14-4-8-17(21)9-5-14;21-17(15-8-4-10-19-12-15)16-9-5-11-20(13-16)18(22)14-6-2-1-3-7-14;21-17(16-10-4-5-11-19-16)15-9-6-12-20(13-15)18(22)14-7-2-1-3-8-14;21-17(14-8-10-19-11-9-14)16-7-4-12-20(13-16)18(22)15-5-2-1-3-6-15;21-15(16-18-9-5-10-19-16)14-8-4-11-20(12-14)17(22)13-6-2-1-3-7-13/h4-11,16H,2-3,12-13H2,1H3;1-4,6-8,10,12,16H,5,9,11,13H2;1-5,7-8,10-11,15H,6,9,12-13H2;1-3,5-6,8-11,16H,4,7,12-13H2;1-3,5-7,9-10,14H,4,8,11-12H2. The number of amides is 5. The van der Waals surface area contributed by atoms with Crippen molar-refractivity contribution >= 4 is 70.1 Å². The van der Waals surface area contributed by atoms with Crippen LogP contribution >= 0.6 is 11.6 Å². The largest absolute Gasteiger partial charge is 0.497 e. The second kappa shape index (κ2) is 41.6. The summed E-state index contributed by atoms with van der Waals surface area (Å²) in [6.07, 6.45) is 19.5. The molecule has 0 bridgehead atoms. The summed E-state index contributed by atoms with van der Waals surface area (Å²) in [7, 11) is 1.59. The first-order valence-electron chi connectivity index (χ1n) is 38.4. The molecule has 9 heterocycles. The molecule has 6 aromatic carbocycles. The van der Waals surface area contributed by atoms with E-state index in [9.17, 15) is 47.9 Å². The molecule has 15 rings (SSSR count). The lowest BCUT2D eigenvalue weighted by Crippen LogP contribution is -2.42. The number of likely N-dealkylation sites (tertiary alicyclic amines) is 5. The van der Waals surface area contributed by atoms with Crippen LogP contribution in [0.15, 0.2) is 262 Å². The Kier molecular flexibility index (Phi) is 30.1. The highest BCUT2D eigenvalue weighted by Gasteiger charge is 2.35. The lowest BCUT2D eigenvalue weighted by Gasteiger charge is -2.32. The van der Waals surface area contributed by atoms with Crippen molar-refractivity contribution in [1.82, 2.24) is 49.4 Å². The van der Waals surface area contributed by atoms with E-state index >= 15 is 0 Å². The summed E-state index contributed by atoms with van der Waals surface area (Å²) in [5, 5.41) is 0.608. The predicted octanol–water partition coefficient (Wildman–Crippen LogP) is 14.7. The molecule has 5 aliphatic heterocycles. The molecule has 5 amide bonds. The number of hydrogen-bond donors (Lipinski definition) is 0. The lowest BCUT2D eigenvalue weighted by atomic mass is 9.89. The minimum Gasteiger partial charge on any atom is -0.497 e. The van der Waals surface area contributed by atoms with Crippen molar-refractivity contribution in [2.24, 2.45) is 29.6 Å². The molecule has 0 N–H and O–H groups in total. The molecular formula is C91H91ClN10O11. The molecular weight excluding hydrogens is 1440 g/mol. The van der Waals surface area contributed by atoms with Gasteiger partial charge in [0.1, 0.15) is 11.4 Å². The van der Waals surface area contributed by atoms with E-state index in [1.165, 1.54) is 0 Å². The zero-order chi connectivity index (χ0) is 79.3. The molecule has 10 aromatic rings. The maximum atomic E-state index is 12.7. The number of aromatic nitrogens is 5. The predicted molar refractivity (Wildman–Crippen MR) is 430 cm³/mol. The number of rotatable bonds is 16. The number of halogens is 1. The van der Waals surface area contributed by atoms with E-state index in [2.05, 4.69) is 24.9 Å². The molecule has 0 saturated carbocycles. The van der Waals surface area contributed by atoms with Gasteiger partial charge in [-0.25, -0.2) is 9.97 Å². The van der Waals surface area contributed by atoms with E-state index in [0.717, 1.165) is 64.2 Å². The van der Waals surface area contributed by atoms with Crippen LogP contribution in [0.3, 0.4) is 0 Å². The molecule has 0 aliphatic carbocycles. The highest BCUT2D eigenvalue weighted by molar-refractivity contribution is 6.30. The second-order valence-corrected chi connectivity index (χ2v) is 28.7. The normalized spacial score (nSPS) is 17.8. The summed E-state index contributed by atoms with van der Waals surface area (Å²) < 4.78 is 5.12. The van der Waals surface area contributed by atoms with Crippen LogP contribution in [0, 0.1) is 29.6 Å². The maximum absolute atomic E-state index is 12.7. The number of piperidine rings is 5. The SMILES string of the molecule is COc1ccc(C(=O)N2CCCC(C(=O)c3ccc(Cl)cc3)C2)cc1.O=C(c1ccccn1)C1CCCN(C(=O)c2ccccc2)C1.O=C(c1cccnc1)C1CCCN(C(=O)c2ccccc2)C1.O=C(c1ccncc1)C1CCCN(C(=O)c2ccccc2)C1.O=C(c1ncccn1)C1CCCN(C(=O)c2ccccc2)C1. The third kappa shape index (κ3) is 22.9. The summed E-state index contributed by atoms with van der Waals surface area (Å²) in [5.74, 6) is 0.312. The quantitative estimate of drug-likeness (QED) is 0.0814. The van der Waals surface area contributed by atoms with Crippen molar-refractivity contribution in [3.05, 3.63) is 323 Å². The molecule has 5 atom stereocenters. The second-order valence-electron chi connectivity index (χ2n) is 28.2. The minimum atomic E-state index is -0.219. The summed E-state index contributed by atoms with van der Waals surface area (Å²) >= 11 is 5.88. The summed E-state index contributed by atoms with van der Waals surface area (Å²) in [5.41, 5.74) is 5.74. The van der Waals surface area contributed by atoms with Crippen LogP contribution in [0.4, 0.5) is 0 Å². The monoisotopic (exact) mass is 1530 g/mol. The molecule has 5 fully saturated rings. The molecule has 5 aliphatic rings. The van der Waals surface area contributed by atoms with E-state index in [0.29, 0.717) is 126 Å². The average molecular weight is 1540 g/mol. The molecule has 113 heavy (non-hydrogen) atoms. The molecule has 0 radical (unpaired) electrons. The minimum absolute atomic E-state index is 0.000814. The van der Waals surface area contributed by atoms with Gasteiger partial charge in [-0.1, -0.05) is 90.5 Å². The number of nitrogens with zero attached hydrogens (tertiary/aromatic N) is 10. The summed E-state index contributed by atoms with van der Waals surface area (Å²) in [4.78, 5) is 154. The van der Waals surface area contributed by atoms with Gasteiger partial charge in [-0.05, 0) is 204 Å². The summed E-state index contributed by atoms with van der Waals surface area (Å²) in [6.45, 7) is 5.84. The van der Waals surface area contributed by atoms with Gasteiger partial charge in [-0.15, -0.1) is 0 Å². The van der Waals surface area contributed by atoms with Gasteiger partial charge in [-0.2, -0.15) is 0 Å². The molecule has 21 nitrogen and oxygen atoms in total. The van der Waals surface area contributed by atoms with Gasteiger partial charge < -0.3 is 29.2 Å². The van der Waals surface area contributed by atoms with Crippen LogP contribution < -0.4 is 4.74 Å². The highest BCUT2D eigenvalue weighted by atomic mass is 35.5. The number of Topliss-reactive ketones (excluding diaryl/α,β-unsaturated/α-hetero) is 5. The van der Waals surface area contributed by atoms with Gasteiger partial charge in [0.2, 0.25) is 5.78 Å². The number of benzene rings is 6. The fourth-order valence-corrected chi connectivity index (χ4v) is 14.6. The Morgan fingerprint density at radius 3 is 0.991 bits per heavy atom. The Bertz CT molecular complexity index is 4090. The zero-order valence-electron chi connectivity index (χ0n) is 63.2. The van der Waals surface area contributed by atoms with E-state index in [1.54, 1.807) is 178 Å². The van der Waals surface area contributed by atoms with Crippen molar-refractivity contribution in [3.8, 4) is 5.75 Å². The fourth-order valence-electron chi connectivity index (χ4n) is 14.5. The molecule has 5 saturated heterocycles. The van der Waals surface area contributed by atoms with Gasteiger partial charge in [0.05, 0.1) is 7.11 Å². The number of methoxy groups -OCH3 is 1. The van der Waals surface area contributed by atoms with E-state index < -0.39 is 0 Å². The van der Waals surface area contributed by atoms with Gasteiger partial charge in [0, 0.05) is 188 Å². The van der Waals surface area contributed by atoms with Crippen LogP contribution in [-0.2, 0) is 0 Å². The van der Waals surface area contributed by atoms with Gasteiger partial charge in [0.15, 0.2) is 29.0 Å². The number of carbonyl (C=O) groups is 10. The third-order valence-electron chi connectivity index (χ3n) is 20.6. The first kappa shape index (κ1) is 81.6. The Labute approximate surface area is 663 Å². The molecule has 0 spiro atoms. The van der Waals surface area contributed by atoms with Gasteiger partial charge in [0.25, 0.3) is 29.5 Å². The lowest BCUT2D eigenvalue weighted by molar-refractivity contribution is 0.0621. The highest BCUT2D eigenvalue weighted by Crippen LogP contribution is 2.29. The average Bonchev–Trinajstić information content (AvgIpc) is 0.867. The van der Waals surface area contributed by atoms with Crippen LogP contribution in [0.2, 0.25) is 5.02 Å². The van der Waals surface area contributed by atoms with Crippen molar-refractivity contribution in [3.63, 3.8) is 0 Å². The molecule has 22 heteroatoms. The third-order valence-corrected chi connectivity index (χ3v) is 20.8. The Morgan fingerprint density at radius 1 is 0.301 bits per heavy atom. The van der Waals surface area contributed by atoms with Gasteiger partial charge in [-0.3, -0.25) is 62.9 Å². The van der Waals surface area contributed by atoms with Crippen LogP contribution in [-0.4, -0.2) is 180 Å². The Hall–Kier alpha value is -12.4. The van der Waals surface area contributed by atoms with Crippen LogP contribution in [0.25, 0.3) is 0 Å². The Morgan fingerprint density at radius 2 is 0.628 bits per heavy atom. The first-order chi connectivity index (χ1) is 55.1. The summed E-state index contributed by atoms with van der Waals surface area (Å²) in [6, 6.07) is 64.9. The van der Waals surface area contributed by atoms with E-state index in [4.69, 9.17) is 16.3 Å². The van der Waals surface area contributed by atoms with E-state index in [-0.39, 0.29) is 93.9 Å². The first-order valence-corrected chi connectivity index (χ1v) is 38.7. The number of ketones is 5. The van der Waals surface area contributed by atoms with Crippen molar-refractivity contribution in [2.75, 3.05) is 72.6 Å². The van der Waals surface area contributed by atoms with Crippen molar-refractivity contribution in [2.45, 2.75) is 64.2 Å². The fraction of sp³-hybridized carbons (Fsp3) is 0.286. The number of hydrogen-bond acceptors (Lipinski definition) is 16. The Balaban J connectivity index is 0.000000140.